The average Bonchev–Trinajstić information content (AvgIpc) is 2.51. The number of Topliss-reactive ketones (excluding diaryl/α,β-unsaturated/α-hetero) is 1. The van der Waals surface area contributed by atoms with Gasteiger partial charge in [0.2, 0.25) is 5.78 Å². The molecule has 0 saturated heterocycles. The molecule has 0 bridgehead atoms. The molecule has 0 heterocycles. The maximum absolute atomic E-state index is 12.3. The molecule has 1 aromatic carbocycles. The SMILES string of the molecule is Cc1ccc(C(=O)[C@H](C)OC(=O)CCCNC(=O)OC(C)(C)C)cc1C. The fraction of sp³-hybridized carbons (Fsp3) is 0.550. The zero-order valence-electron chi connectivity index (χ0n) is 16.5. The van der Waals surface area contributed by atoms with Crippen LogP contribution in [0.15, 0.2) is 18.2 Å². The fourth-order valence-electron chi connectivity index (χ4n) is 2.18. The van der Waals surface area contributed by atoms with Crippen LogP contribution in [0.2, 0.25) is 0 Å². The molecule has 1 amide bonds. The predicted molar refractivity (Wildman–Crippen MR) is 99.3 cm³/mol. The van der Waals surface area contributed by atoms with Crippen LogP contribution in [0.5, 0.6) is 0 Å². The summed E-state index contributed by atoms with van der Waals surface area (Å²) >= 11 is 0. The molecule has 0 aliphatic carbocycles. The van der Waals surface area contributed by atoms with Gasteiger partial charge >= 0.3 is 12.1 Å². The largest absolute Gasteiger partial charge is 0.454 e. The monoisotopic (exact) mass is 363 g/mol. The standard InChI is InChI=1S/C20H29NO5/c1-13-9-10-16(12-14(13)2)18(23)15(3)25-17(22)8-7-11-21-19(24)26-20(4,5)6/h9-10,12,15H,7-8,11H2,1-6H3,(H,21,24)/t15-/m0/s1. The number of ether oxygens (including phenoxy) is 2. The Kier molecular flexibility index (Phi) is 7.80. The summed E-state index contributed by atoms with van der Waals surface area (Å²) in [4.78, 5) is 35.7. The summed E-state index contributed by atoms with van der Waals surface area (Å²) in [6, 6.07) is 5.41. The van der Waals surface area contributed by atoms with Gasteiger partial charge in [-0.2, -0.15) is 0 Å². The number of aryl methyl sites for hydroxylation is 2. The van der Waals surface area contributed by atoms with Crippen LogP contribution in [0, 0.1) is 13.8 Å². The van der Waals surface area contributed by atoms with E-state index in [-0.39, 0.29) is 12.2 Å². The Balaban J connectivity index is 2.37. The van der Waals surface area contributed by atoms with E-state index in [1.165, 1.54) is 0 Å². The van der Waals surface area contributed by atoms with Gasteiger partial charge in [0, 0.05) is 18.5 Å². The van der Waals surface area contributed by atoms with Crippen molar-refractivity contribution >= 4 is 17.8 Å². The Morgan fingerprint density at radius 1 is 1.12 bits per heavy atom. The molecule has 6 heteroatoms. The topological polar surface area (TPSA) is 81.7 Å². The molecule has 0 aliphatic rings. The molecule has 0 saturated carbocycles. The first kappa shape index (κ1) is 21.7. The number of ketones is 1. The van der Waals surface area contributed by atoms with Crippen LogP contribution in [-0.2, 0) is 14.3 Å². The molecule has 1 rings (SSSR count). The second-order valence-corrected chi connectivity index (χ2v) is 7.33. The number of benzene rings is 1. The molecule has 144 valence electrons. The summed E-state index contributed by atoms with van der Waals surface area (Å²) in [7, 11) is 0. The van der Waals surface area contributed by atoms with Gasteiger partial charge < -0.3 is 14.8 Å². The molecule has 0 aromatic heterocycles. The summed E-state index contributed by atoms with van der Waals surface area (Å²) in [6.07, 6.45) is -0.851. The van der Waals surface area contributed by atoms with E-state index in [4.69, 9.17) is 9.47 Å². The van der Waals surface area contributed by atoms with E-state index in [2.05, 4.69) is 5.32 Å². The third-order valence-corrected chi connectivity index (χ3v) is 3.69. The van der Waals surface area contributed by atoms with Crippen molar-refractivity contribution in [2.75, 3.05) is 6.54 Å². The summed E-state index contributed by atoms with van der Waals surface area (Å²) in [5.74, 6) is -0.700. The van der Waals surface area contributed by atoms with Crippen LogP contribution in [0.3, 0.4) is 0 Å². The highest BCUT2D eigenvalue weighted by atomic mass is 16.6. The second kappa shape index (κ2) is 9.36. The number of esters is 1. The van der Waals surface area contributed by atoms with Crippen molar-refractivity contribution in [1.82, 2.24) is 5.32 Å². The normalized spacial score (nSPS) is 12.2. The lowest BCUT2D eigenvalue weighted by atomic mass is 10.0. The Morgan fingerprint density at radius 3 is 2.35 bits per heavy atom. The molecule has 0 fully saturated rings. The lowest BCUT2D eigenvalue weighted by Gasteiger charge is -2.19. The molecule has 6 nitrogen and oxygen atoms in total. The van der Waals surface area contributed by atoms with Crippen molar-refractivity contribution < 1.29 is 23.9 Å². The fourth-order valence-corrected chi connectivity index (χ4v) is 2.18. The zero-order valence-corrected chi connectivity index (χ0v) is 16.5. The van der Waals surface area contributed by atoms with Crippen molar-refractivity contribution in [3.8, 4) is 0 Å². The smallest absolute Gasteiger partial charge is 0.407 e. The summed E-state index contributed by atoms with van der Waals surface area (Å²) in [5, 5.41) is 2.57. The third-order valence-electron chi connectivity index (χ3n) is 3.69. The minimum Gasteiger partial charge on any atom is -0.454 e. The molecular weight excluding hydrogens is 334 g/mol. The first-order valence-corrected chi connectivity index (χ1v) is 8.77. The molecule has 1 N–H and O–H groups in total. The first-order valence-electron chi connectivity index (χ1n) is 8.77. The summed E-state index contributed by atoms with van der Waals surface area (Å²) in [5.41, 5.74) is 2.08. The van der Waals surface area contributed by atoms with Crippen LogP contribution in [0.25, 0.3) is 0 Å². The van der Waals surface area contributed by atoms with Crippen LogP contribution in [-0.4, -0.2) is 36.1 Å². The minimum absolute atomic E-state index is 0.111. The van der Waals surface area contributed by atoms with E-state index in [0.717, 1.165) is 11.1 Å². The Bertz CT molecular complexity index is 661. The molecule has 1 aromatic rings. The minimum atomic E-state index is -0.844. The second-order valence-electron chi connectivity index (χ2n) is 7.33. The van der Waals surface area contributed by atoms with Gasteiger partial charge in [0.05, 0.1) is 0 Å². The van der Waals surface area contributed by atoms with Gasteiger partial charge in [-0.1, -0.05) is 12.1 Å². The number of rotatable bonds is 7. The Labute approximate surface area is 155 Å². The van der Waals surface area contributed by atoms with E-state index in [1.807, 2.05) is 19.9 Å². The summed E-state index contributed by atoms with van der Waals surface area (Å²) in [6.45, 7) is 11.1. The quantitative estimate of drug-likeness (QED) is 0.453. The van der Waals surface area contributed by atoms with Gasteiger partial charge in [0.1, 0.15) is 5.60 Å². The zero-order chi connectivity index (χ0) is 19.9. The van der Waals surface area contributed by atoms with Gasteiger partial charge in [0.25, 0.3) is 0 Å². The lowest BCUT2D eigenvalue weighted by molar-refractivity contribution is -0.146. The molecule has 1 atom stereocenters. The maximum Gasteiger partial charge on any atom is 0.407 e. The molecule has 0 unspecified atom stereocenters. The van der Waals surface area contributed by atoms with Gasteiger partial charge in [-0.05, 0) is 65.2 Å². The van der Waals surface area contributed by atoms with Crippen molar-refractivity contribution in [3.63, 3.8) is 0 Å². The number of amides is 1. The average molecular weight is 363 g/mol. The third kappa shape index (κ3) is 7.68. The van der Waals surface area contributed by atoms with Crippen LogP contribution in [0.1, 0.15) is 62.0 Å². The number of nitrogens with one attached hydrogen (secondary N) is 1. The van der Waals surface area contributed by atoms with Crippen molar-refractivity contribution in [2.24, 2.45) is 0 Å². The maximum atomic E-state index is 12.3. The summed E-state index contributed by atoms with van der Waals surface area (Å²) < 4.78 is 10.3. The van der Waals surface area contributed by atoms with Crippen LogP contribution < -0.4 is 5.32 Å². The number of alkyl carbamates (subject to hydrolysis) is 1. The Morgan fingerprint density at radius 2 is 1.77 bits per heavy atom. The molecular formula is C20H29NO5. The highest BCUT2D eigenvalue weighted by molar-refractivity contribution is 6.00. The van der Waals surface area contributed by atoms with E-state index in [9.17, 15) is 14.4 Å². The van der Waals surface area contributed by atoms with Crippen molar-refractivity contribution in [2.45, 2.75) is 66.1 Å². The first-order chi connectivity index (χ1) is 12.0. The predicted octanol–water partition coefficient (Wildman–Crippen LogP) is 3.72. The van der Waals surface area contributed by atoms with E-state index < -0.39 is 23.8 Å². The lowest BCUT2D eigenvalue weighted by Crippen LogP contribution is -2.33. The highest BCUT2D eigenvalue weighted by Gasteiger charge is 2.20. The molecule has 0 aliphatic heterocycles. The van der Waals surface area contributed by atoms with Gasteiger partial charge in [-0.15, -0.1) is 0 Å². The number of carbonyl (C=O) groups excluding carboxylic acids is 3. The molecule has 26 heavy (non-hydrogen) atoms. The highest BCUT2D eigenvalue weighted by Crippen LogP contribution is 2.13. The molecule has 0 radical (unpaired) electrons. The Hall–Kier alpha value is -2.37. The molecule has 0 spiro atoms. The van der Waals surface area contributed by atoms with Crippen LogP contribution >= 0.6 is 0 Å². The number of hydrogen-bond donors (Lipinski definition) is 1. The van der Waals surface area contributed by atoms with E-state index in [1.54, 1.807) is 39.8 Å². The van der Waals surface area contributed by atoms with Crippen molar-refractivity contribution in [3.05, 3.63) is 34.9 Å². The van der Waals surface area contributed by atoms with Gasteiger partial charge in [-0.25, -0.2) is 4.79 Å². The number of hydrogen-bond acceptors (Lipinski definition) is 5. The van der Waals surface area contributed by atoms with Crippen LogP contribution in [0.4, 0.5) is 4.79 Å². The van der Waals surface area contributed by atoms with E-state index in [0.29, 0.717) is 18.5 Å². The van der Waals surface area contributed by atoms with Gasteiger partial charge in [-0.3, -0.25) is 9.59 Å². The van der Waals surface area contributed by atoms with E-state index >= 15 is 0 Å². The van der Waals surface area contributed by atoms with Gasteiger partial charge in [0.15, 0.2) is 6.10 Å². The van der Waals surface area contributed by atoms with Crippen molar-refractivity contribution in [1.29, 1.82) is 0 Å². The number of carbonyl (C=O) groups is 3.